The average Bonchev–Trinajstić information content (AvgIpc) is 2.97. The van der Waals surface area contributed by atoms with Gasteiger partial charge in [-0.05, 0) is 77.8 Å². The van der Waals surface area contributed by atoms with Crippen LogP contribution in [0.4, 0.5) is 0 Å². The Hall–Kier alpha value is -2.81. The Kier molecular flexibility index (Phi) is 14.0. The predicted molar refractivity (Wildman–Crippen MR) is 165 cm³/mol. The van der Waals surface area contributed by atoms with Gasteiger partial charge in [0.1, 0.15) is 5.75 Å². The van der Waals surface area contributed by atoms with Crippen molar-refractivity contribution in [2.75, 3.05) is 13.2 Å². The lowest BCUT2D eigenvalue weighted by molar-refractivity contribution is 0.0443. The molecule has 3 aromatic carbocycles. The number of carbonyl (C=O) groups is 1. The van der Waals surface area contributed by atoms with Crippen molar-refractivity contribution in [2.24, 2.45) is 5.92 Å². The number of fused-ring (bicyclic) bond motifs is 1. The first-order chi connectivity index (χ1) is 19.1. The topological polar surface area (TPSA) is 35.5 Å². The Balaban J connectivity index is 1.40. The van der Waals surface area contributed by atoms with Crippen molar-refractivity contribution in [1.29, 1.82) is 0 Å². The standard InChI is InChI=1S/C36H50O3/c1-4-6-8-9-10-11-12-13-25-38-35-24-23-33-26-31(19-22-34(33)27-35)16-15-30-17-20-32(21-18-30)36(37)39-28-29(3)14-7-5-2/h17-24,26-27,29H,4-16,25,28H2,1-3H3/t29-/m1/s1. The molecule has 0 bridgehead atoms. The maximum atomic E-state index is 12.4. The smallest absolute Gasteiger partial charge is 0.338 e. The van der Waals surface area contributed by atoms with E-state index in [2.05, 4.69) is 57.2 Å². The predicted octanol–water partition coefficient (Wildman–Crippen LogP) is 10.1. The van der Waals surface area contributed by atoms with E-state index in [1.54, 1.807) is 0 Å². The van der Waals surface area contributed by atoms with Gasteiger partial charge in [-0.2, -0.15) is 0 Å². The second-order valence-corrected chi connectivity index (χ2v) is 11.2. The van der Waals surface area contributed by atoms with E-state index < -0.39 is 0 Å². The van der Waals surface area contributed by atoms with Crippen molar-refractivity contribution < 1.29 is 14.3 Å². The molecule has 3 nitrogen and oxygen atoms in total. The minimum absolute atomic E-state index is 0.222. The first kappa shape index (κ1) is 30.7. The van der Waals surface area contributed by atoms with Crippen LogP contribution >= 0.6 is 0 Å². The van der Waals surface area contributed by atoms with Gasteiger partial charge in [0.15, 0.2) is 0 Å². The zero-order valence-electron chi connectivity index (χ0n) is 24.7. The summed E-state index contributed by atoms with van der Waals surface area (Å²) in [5, 5.41) is 2.47. The number of aryl methyl sites for hydroxylation is 2. The lowest BCUT2D eigenvalue weighted by atomic mass is 10.0. The van der Waals surface area contributed by atoms with Gasteiger partial charge in [0.25, 0.3) is 0 Å². The van der Waals surface area contributed by atoms with Gasteiger partial charge in [0.05, 0.1) is 18.8 Å². The third-order valence-corrected chi connectivity index (χ3v) is 7.58. The second-order valence-electron chi connectivity index (χ2n) is 11.2. The highest BCUT2D eigenvalue weighted by atomic mass is 16.5. The fourth-order valence-electron chi connectivity index (χ4n) is 4.98. The van der Waals surface area contributed by atoms with Gasteiger partial charge in [-0.15, -0.1) is 0 Å². The van der Waals surface area contributed by atoms with E-state index >= 15 is 0 Å². The molecule has 0 aliphatic rings. The fraction of sp³-hybridized carbons (Fsp3) is 0.528. The van der Waals surface area contributed by atoms with Gasteiger partial charge in [-0.3, -0.25) is 0 Å². The fourth-order valence-corrected chi connectivity index (χ4v) is 4.98. The summed E-state index contributed by atoms with van der Waals surface area (Å²) >= 11 is 0. The molecule has 0 unspecified atom stereocenters. The summed E-state index contributed by atoms with van der Waals surface area (Å²) in [4.78, 5) is 12.4. The Morgan fingerprint density at radius 3 is 2.05 bits per heavy atom. The molecule has 0 amide bonds. The minimum atomic E-state index is -0.222. The Labute approximate surface area is 237 Å². The van der Waals surface area contributed by atoms with Crippen LogP contribution in [0.5, 0.6) is 5.75 Å². The summed E-state index contributed by atoms with van der Waals surface area (Å²) in [6, 6.07) is 21.0. The van der Waals surface area contributed by atoms with Gasteiger partial charge in [0.2, 0.25) is 0 Å². The maximum absolute atomic E-state index is 12.4. The van der Waals surface area contributed by atoms with Crippen LogP contribution in [0.15, 0.2) is 60.7 Å². The van der Waals surface area contributed by atoms with Gasteiger partial charge >= 0.3 is 5.97 Å². The van der Waals surface area contributed by atoms with E-state index in [1.165, 1.54) is 79.7 Å². The van der Waals surface area contributed by atoms with Crippen LogP contribution in [0.1, 0.15) is 113 Å². The molecule has 0 N–H and O–H groups in total. The van der Waals surface area contributed by atoms with Crippen LogP contribution in [0.2, 0.25) is 0 Å². The summed E-state index contributed by atoms with van der Waals surface area (Å²) in [6.07, 6.45) is 15.9. The first-order valence-corrected chi connectivity index (χ1v) is 15.5. The summed E-state index contributed by atoms with van der Waals surface area (Å²) in [5.41, 5.74) is 3.18. The number of esters is 1. The van der Waals surface area contributed by atoms with E-state index in [1.807, 2.05) is 24.3 Å². The molecule has 212 valence electrons. The monoisotopic (exact) mass is 530 g/mol. The van der Waals surface area contributed by atoms with Crippen LogP contribution in [0.3, 0.4) is 0 Å². The number of benzene rings is 3. The third kappa shape index (κ3) is 11.4. The molecule has 0 saturated heterocycles. The molecule has 0 aliphatic carbocycles. The minimum Gasteiger partial charge on any atom is -0.494 e. The normalized spacial score (nSPS) is 12.0. The number of ether oxygens (including phenoxy) is 2. The molecular formula is C36H50O3. The highest BCUT2D eigenvalue weighted by molar-refractivity contribution is 5.89. The molecular weight excluding hydrogens is 480 g/mol. The van der Waals surface area contributed by atoms with Crippen LogP contribution in [0.25, 0.3) is 10.8 Å². The van der Waals surface area contributed by atoms with E-state index in [0.717, 1.165) is 38.0 Å². The van der Waals surface area contributed by atoms with Crippen molar-refractivity contribution in [2.45, 2.75) is 104 Å². The van der Waals surface area contributed by atoms with E-state index in [4.69, 9.17) is 9.47 Å². The molecule has 0 heterocycles. The second kappa shape index (κ2) is 17.7. The van der Waals surface area contributed by atoms with Gasteiger partial charge < -0.3 is 9.47 Å². The van der Waals surface area contributed by atoms with Gasteiger partial charge in [0, 0.05) is 0 Å². The molecule has 0 spiro atoms. The molecule has 0 aliphatic heterocycles. The van der Waals surface area contributed by atoms with Crippen molar-refractivity contribution in [3.63, 3.8) is 0 Å². The Morgan fingerprint density at radius 1 is 0.692 bits per heavy atom. The largest absolute Gasteiger partial charge is 0.494 e. The van der Waals surface area contributed by atoms with Crippen LogP contribution in [-0.2, 0) is 17.6 Å². The van der Waals surface area contributed by atoms with Crippen LogP contribution < -0.4 is 4.74 Å². The lowest BCUT2D eigenvalue weighted by Gasteiger charge is -2.11. The number of hydrogen-bond acceptors (Lipinski definition) is 3. The molecule has 0 saturated carbocycles. The number of carbonyl (C=O) groups excluding carboxylic acids is 1. The van der Waals surface area contributed by atoms with Crippen LogP contribution in [0, 0.1) is 5.92 Å². The molecule has 0 radical (unpaired) electrons. The number of unbranched alkanes of at least 4 members (excludes halogenated alkanes) is 8. The molecule has 3 aromatic rings. The number of rotatable bonds is 19. The summed E-state index contributed by atoms with van der Waals surface area (Å²) in [5.74, 6) is 1.15. The number of hydrogen-bond donors (Lipinski definition) is 0. The van der Waals surface area contributed by atoms with Crippen molar-refractivity contribution >= 4 is 16.7 Å². The molecule has 0 aromatic heterocycles. The van der Waals surface area contributed by atoms with Gasteiger partial charge in [-0.25, -0.2) is 4.79 Å². The zero-order valence-corrected chi connectivity index (χ0v) is 24.7. The molecule has 3 rings (SSSR count). The summed E-state index contributed by atoms with van der Waals surface area (Å²) in [6.45, 7) is 7.89. The highest BCUT2D eigenvalue weighted by Gasteiger charge is 2.10. The molecule has 39 heavy (non-hydrogen) atoms. The molecule has 3 heteroatoms. The van der Waals surface area contributed by atoms with Crippen molar-refractivity contribution in [3.8, 4) is 5.75 Å². The van der Waals surface area contributed by atoms with E-state index in [0.29, 0.717) is 18.1 Å². The lowest BCUT2D eigenvalue weighted by Crippen LogP contribution is -2.12. The zero-order chi connectivity index (χ0) is 27.7. The Bertz CT molecular complexity index is 1100. The van der Waals surface area contributed by atoms with Crippen LogP contribution in [-0.4, -0.2) is 19.2 Å². The SMILES string of the molecule is CCCCCCCCCCOc1ccc2cc(CCc3ccc(C(=O)OC[C@H](C)CCCC)cc3)ccc2c1. The van der Waals surface area contributed by atoms with Crippen molar-refractivity contribution in [3.05, 3.63) is 77.4 Å². The summed E-state index contributed by atoms with van der Waals surface area (Å²) in [7, 11) is 0. The van der Waals surface area contributed by atoms with E-state index in [-0.39, 0.29) is 5.97 Å². The Morgan fingerprint density at radius 2 is 1.31 bits per heavy atom. The highest BCUT2D eigenvalue weighted by Crippen LogP contribution is 2.23. The maximum Gasteiger partial charge on any atom is 0.338 e. The average molecular weight is 531 g/mol. The molecule has 1 atom stereocenters. The molecule has 0 fully saturated rings. The van der Waals surface area contributed by atoms with Gasteiger partial charge in [-0.1, -0.05) is 115 Å². The quantitative estimate of drug-likeness (QED) is 0.114. The summed E-state index contributed by atoms with van der Waals surface area (Å²) < 4.78 is 11.5. The van der Waals surface area contributed by atoms with E-state index in [9.17, 15) is 4.79 Å². The third-order valence-electron chi connectivity index (χ3n) is 7.58. The van der Waals surface area contributed by atoms with Crippen molar-refractivity contribution in [1.82, 2.24) is 0 Å². The first-order valence-electron chi connectivity index (χ1n) is 15.5.